The first kappa shape index (κ1) is 16.1. The third-order valence-corrected chi connectivity index (χ3v) is 4.97. The molecule has 2 aromatic rings. The second kappa shape index (κ2) is 5.85. The zero-order valence-electron chi connectivity index (χ0n) is 10.9. The van der Waals surface area contributed by atoms with E-state index in [-0.39, 0.29) is 23.7 Å². The van der Waals surface area contributed by atoms with Gasteiger partial charge >= 0.3 is 6.18 Å². The van der Waals surface area contributed by atoms with E-state index >= 15 is 0 Å². The van der Waals surface area contributed by atoms with Gasteiger partial charge in [-0.3, -0.25) is 0 Å². The lowest BCUT2D eigenvalue weighted by atomic mass is 10.5. The zero-order chi connectivity index (χ0) is 15.7. The summed E-state index contributed by atoms with van der Waals surface area (Å²) in [7, 11) is -3.34. The van der Waals surface area contributed by atoms with Gasteiger partial charge in [0.05, 0.1) is 5.75 Å². The standard InChI is InChI=1S/C9H12F3N5O2S2/c1-2-5-21(18,19)13-4-3-6-16-17-7(9(10,11)12)14-15-8(17)20-6/h13H,2-5H2,1H3. The Morgan fingerprint density at radius 2 is 2.05 bits per heavy atom. The van der Waals surface area contributed by atoms with E-state index in [4.69, 9.17) is 0 Å². The van der Waals surface area contributed by atoms with Crippen LogP contribution >= 0.6 is 11.3 Å². The molecule has 0 bridgehead atoms. The van der Waals surface area contributed by atoms with Gasteiger partial charge in [-0.15, -0.1) is 10.2 Å². The van der Waals surface area contributed by atoms with Crippen LogP contribution in [0.4, 0.5) is 13.2 Å². The van der Waals surface area contributed by atoms with Crippen LogP contribution in [-0.2, 0) is 22.6 Å². The lowest BCUT2D eigenvalue weighted by Gasteiger charge is -2.03. The van der Waals surface area contributed by atoms with Crippen LogP contribution in [0.2, 0.25) is 0 Å². The highest BCUT2D eigenvalue weighted by atomic mass is 32.2. The number of nitrogens with one attached hydrogen (secondary N) is 1. The van der Waals surface area contributed by atoms with Gasteiger partial charge in [0.15, 0.2) is 0 Å². The number of rotatable bonds is 6. The predicted octanol–water partition coefficient (Wildman–Crippen LogP) is 1.08. The van der Waals surface area contributed by atoms with Crippen LogP contribution in [0.3, 0.4) is 0 Å². The summed E-state index contributed by atoms with van der Waals surface area (Å²) in [5.41, 5.74) is 0. The Labute approximate surface area is 122 Å². The van der Waals surface area contributed by atoms with E-state index in [1.54, 1.807) is 6.92 Å². The van der Waals surface area contributed by atoms with Gasteiger partial charge in [0, 0.05) is 13.0 Å². The average molecular weight is 343 g/mol. The van der Waals surface area contributed by atoms with E-state index in [0.29, 0.717) is 15.9 Å². The van der Waals surface area contributed by atoms with E-state index < -0.39 is 22.0 Å². The summed E-state index contributed by atoms with van der Waals surface area (Å²) in [4.78, 5) is 0.0220. The van der Waals surface area contributed by atoms with Crippen molar-refractivity contribution in [2.24, 2.45) is 0 Å². The minimum Gasteiger partial charge on any atom is -0.215 e. The third kappa shape index (κ3) is 3.89. The lowest BCUT2D eigenvalue weighted by molar-refractivity contribution is -0.146. The molecule has 1 N–H and O–H groups in total. The number of nitrogens with zero attached hydrogens (tertiary/aromatic N) is 4. The monoisotopic (exact) mass is 343 g/mol. The van der Waals surface area contributed by atoms with E-state index in [1.165, 1.54) is 0 Å². The topological polar surface area (TPSA) is 89.2 Å². The fraction of sp³-hybridized carbons (Fsp3) is 0.667. The Bertz CT molecular complexity index is 721. The molecule has 0 saturated carbocycles. The summed E-state index contributed by atoms with van der Waals surface area (Å²) >= 11 is 0.942. The molecule has 118 valence electrons. The van der Waals surface area contributed by atoms with Crippen LogP contribution < -0.4 is 4.72 Å². The van der Waals surface area contributed by atoms with Crippen molar-refractivity contribution in [3.05, 3.63) is 10.8 Å². The van der Waals surface area contributed by atoms with Crippen molar-refractivity contribution in [2.45, 2.75) is 25.9 Å². The van der Waals surface area contributed by atoms with Crippen molar-refractivity contribution in [1.82, 2.24) is 24.5 Å². The molecule has 0 aromatic carbocycles. The van der Waals surface area contributed by atoms with E-state index in [0.717, 1.165) is 11.3 Å². The quantitative estimate of drug-likeness (QED) is 0.848. The van der Waals surface area contributed by atoms with Gasteiger partial charge in [0.2, 0.25) is 15.0 Å². The molecule has 0 radical (unpaired) electrons. The smallest absolute Gasteiger partial charge is 0.215 e. The first-order valence-corrected chi connectivity index (χ1v) is 8.45. The number of sulfonamides is 1. The molecule has 2 rings (SSSR count). The minimum absolute atomic E-state index is 0.0103. The first-order chi connectivity index (χ1) is 9.73. The Morgan fingerprint density at radius 1 is 1.33 bits per heavy atom. The molecule has 0 aliphatic carbocycles. The molecule has 2 heterocycles. The van der Waals surface area contributed by atoms with Crippen LogP contribution in [-0.4, -0.2) is 40.5 Å². The summed E-state index contributed by atoms with van der Waals surface area (Å²) in [6.45, 7) is 1.81. The van der Waals surface area contributed by atoms with Gasteiger partial charge in [0.1, 0.15) is 5.01 Å². The number of halogens is 3. The maximum Gasteiger partial charge on any atom is 0.453 e. The number of aromatic nitrogens is 4. The van der Waals surface area contributed by atoms with Crippen LogP contribution in [0.15, 0.2) is 0 Å². The highest BCUT2D eigenvalue weighted by molar-refractivity contribution is 7.89. The number of hydrogen-bond donors (Lipinski definition) is 1. The molecule has 0 atom stereocenters. The summed E-state index contributed by atoms with van der Waals surface area (Å²) in [6.07, 6.45) is -3.96. The maximum absolute atomic E-state index is 12.6. The molecule has 21 heavy (non-hydrogen) atoms. The van der Waals surface area contributed by atoms with Crippen molar-refractivity contribution in [1.29, 1.82) is 0 Å². The SMILES string of the molecule is CCCS(=O)(=O)NCCc1nn2c(C(F)(F)F)nnc2s1. The number of alkyl halides is 3. The summed E-state index contributed by atoms with van der Waals surface area (Å²) in [6, 6.07) is 0. The molecule has 0 fully saturated rings. The lowest BCUT2D eigenvalue weighted by Crippen LogP contribution is -2.28. The summed E-state index contributed by atoms with van der Waals surface area (Å²) in [5, 5.41) is 10.5. The Balaban J connectivity index is 2.06. The van der Waals surface area contributed by atoms with Gasteiger partial charge < -0.3 is 0 Å². The van der Waals surface area contributed by atoms with Crippen molar-refractivity contribution in [3.8, 4) is 0 Å². The van der Waals surface area contributed by atoms with Crippen molar-refractivity contribution in [2.75, 3.05) is 12.3 Å². The van der Waals surface area contributed by atoms with Gasteiger partial charge in [0.25, 0.3) is 5.82 Å². The van der Waals surface area contributed by atoms with Crippen LogP contribution in [0.1, 0.15) is 24.2 Å². The Morgan fingerprint density at radius 3 is 2.67 bits per heavy atom. The highest BCUT2D eigenvalue weighted by Gasteiger charge is 2.38. The number of hydrogen-bond acceptors (Lipinski definition) is 6. The Kier molecular flexibility index (Phi) is 4.49. The number of fused-ring (bicyclic) bond motifs is 1. The second-order valence-corrected chi connectivity index (χ2v) is 7.14. The van der Waals surface area contributed by atoms with Crippen molar-refractivity contribution < 1.29 is 21.6 Å². The third-order valence-electron chi connectivity index (χ3n) is 2.42. The molecular weight excluding hydrogens is 331 g/mol. The van der Waals surface area contributed by atoms with Gasteiger partial charge in [-0.25, -0.2) is 13.1 Å². The zero-order valence-corrected chi connectivity index (χ0v) is 12.5. The summed E-state index contributed by atoms with van der Waals surface area (Å²) in [5.74, 6) is -1.18. The maximum atomic E-state index is 12.6. The highest BCUT2D eigenvalue weighted by Crippen LogP contribution is 2.28. The van der Waals surface area contributed by atoms with Crippen LogP contribution in [0, 0.1) is 0 Å². The van der Waals surface area contributed by atoms with Crippen LogP contribution in [0.5, 0.6) is 0 Å². The molecule has 7 nitrogen and oxygen atoms in total. The van der Waals surface area contributed by atoms with E-state index in [2.05, 4.69) is 20.0 Å². The average Bonchev–Trinajstić information content (AvgIpc) is 2.85. The first-order valence-electron chi connectivity index (χ1n) is 5.98. The van der Waals surface area contributed by atoms with Gasteiger partial charge in [-0.2, -0.15) is 22.8 Å². The minimum atomic E-state index is -4.63. The van der Waals surface area contributed by atoms with Crippen molar-refractivity contribution >= 4 is 26.3 Å². The van der Waals surface area contributed by atoms with Gasteiger partial charge in [-0.05, 0) is 6.42 Å². The largest absolute Gasteiger partial charge is 0.453 e. The van der Waals surface area contributed by atoms with E-state index in [9.17, 15) is 21.6 Å². The van der Waals surface area contributed by atoms with E-state index in [1.807, 2.05) is 0 Å². The molecule has 0 spiro atoms. The summed E-state index contributed by atoms with van der Waals surface area (Å²) < 4.78 is 63.6. The van der Waals surface area contributed by atoms with Crippen molar-refractivity contribution in [3.63, 3.8) is 0 Å². The fourth-order valence-corrected chi connectivity index (χ4v) is 3.52. The normalized spacial score (nSPS) is 13.1. The molecule has 0 saturated heterocycles. The molecule has 0 aliphatic rings. The van der Waals surface area contributed by atoms with Gasteiger partial charge in [-0.1, -0.05) is 18.3 Å². The molecule has 0 amide bonds. The molecular formula is C9H12F3N5O2S2. The predicted molar refractivity (Wildman–Crippen MR) is 69.4 cm³/mol. The molecule has 2 aromatic heterocycles. The Hall–Kier alpha value is -1.27. The fourth-order valence-electron chi connectivity index (χ4n) is 1.59. The molecule has 0 aliphatic heterocycles. The molecule has 12 heteroatoms. The second-order valence-electron chi connectivity index (χ2n) is 4.17. The van der Waals surface area contributed by atoms with Crippen LogP contribution in [0.25, 0.3) is 4.96 Å². The molecule has 0 unspecified atom stereocenters.